The average molecular weight is 383 g/mol. The molecule has 0 aliphatic heterocycles. The van der Waals surface area contributed by atoms with Gasteiger partial charge in [0, 0.05) is 24.2 Å². The molecule has 1 atom stereocenters. The second-order valence-electron chi connectivity index (χ2n) is 5.83. The van der Waals surface area contributed by atoms with Crippen LogP contribution in [0.3, 0.4) is 0 Å². The first kappa shape index (κ1) is 19.7. The molecule has 25 heavy (non-hydrogen) atoms. The third-order valence-corrected chi connectivity index (χ3v) is 4.59. The zero-order valence-corrected chi connectivity index (χ0v) is 15.9. The molecule has 0 radical (unpaired) electrons. The quantitative estimate of drug-likeness (QED) is 0.654. The first-order valence-electron chi connectivity index (χ1n) is 7.99. The van der Waals surface area contributed by atoms with Crippen LogP contribution >= 0.6 is 11.6 Å². The van der Waals surface area contributed by atoms with E-state index in [1.807, 2.05) is 43.3 Å². The molecule has 2 aromatic carbocycles. The smallest absolute Gasteiger partial charge is 0.209 e. The Morgan fingerprint density at radius 1 is 1.08 bits per heavy atom. The van der Waals surface area contributed by atoms with Gasteiger partial charge in [0.1, 0.15) is 12.4 Å². The van der Waals surface area contributed by atoms with E-state index in [2.05, 4.69) is 10.0 Å². The Balaban J connectivity index is 1.71. The Hall–Kier alpha value is -1.60. The summed E-state index contributed by atoms with van der Waals surface area (Å²) in [5, 5.41) is 4.00. The summed E-state index contributed by atoms with van der Waals surface area (Å²) < 4.78 is 30.7. The molecule has 0 aliphatic carbocycles. The van der Waals surface area contributed by atoms with Crippen molar-refractivity contribution in [3.8, 4) is 5.75 Å². The number of benzene rings is 2. The minimum atomic E-state index is -3.21. The van der Waals surface area contributed by atoms with Gasteiger partial charge in [-0.1, -0.05) is 35.9 Å². The number of ether oxygens (including phenoxy) is 1. The van der Waals surface area contributed by atoms with Crippen LogP contribution in [0.15, 0.2) is 48.5 Å². The standard InChI is InChI=1S/C18H23ClN2O3S/c1-14(21-25(2,22)23)16-5-3-15(4-6-16)13-20-11-12-24-18-9-7-17(19)8-10-18/h3-10,14,20-21H,11-13H2,1-2H3/t14-/m1/s1. The molecule has 0 unspecified atom stereocenters. The minimum Gasteiger partial charge on any atom is -0.492 e. The van der Waals surface area contributed by atoms with Crippen molar-refractivity contribution in [3.63, 3.8) is 0 Å². The van der Waals surface area contributed by atoms with E-state index < -0.39 is 10.0 Å². The maximum absolute atomic E-state index is 11.3. The summed E-state index contributed by atoms with van der Waals surface area (Å²) in [6.45, 7) is 3.83. The fourth-order valence-electron chi connectivity index (χ4n) is 2.32. The van der Waals surface area contributed by atoms with Gasteiger partial charge in [-0.3, -0.25) is 0 Å². The van der Waals surface area contributed by atoms with E-state index in [1.54, 1.807) is 12.1 Å². The Morgan fingerprint density at radius 2 is 1.72 bits per heavy atom. The van der Waals surface area contributed by atoms with Gasteiger partial charge in [-0.2, -0.15) is 0 Å². The van der Waals surface area contributed by atoms with Crippen LogP contribution in [0, 0.1) is 0 Å². The summed E-state index contributed by atoms with van der Waals surface area (Å²) in [5.74, 6) is 0.794. The van der Waals surface area contributed by atoms with Crippen LogP contribution in [-0.2, 0) is 16.6 Å². The zero-order chi connectivity index (χ0) is 18.3. The van der Waals surface area contributed by atoms with Gasteiger partial charge in [-0.05, 0) is 42.3 Å². The molecular weight excluding hydrogens is 360 g/mol. The van der Waals surface area contributed by atoms with Crippen molar-refractivity contribution in [3.05, 3.63) is 64.7 Å². The third kappa shape index (κ3) is 7.44. The summed E-state index contributed by atoms with van der Waals surface area (Å²) in [6, 6.07) is 14.9. The lowest BCUT2D eigenvalue weighted by Gasteiger charge is -2.13. The molecule has 0 heterocycles. The maximum atomic E-state index is 11.3. The van der Waals surface area contributed by atoms with Gasteiger partial charge in [0.2, 0.25) is 10.0 Å². The molecule has 0 bridgehead atoms. The number of hydrogen-bond donors (Lipinski definition) is 2. The highest BCUT2D eigenvalue weighted by atomic mass is 35.5. The average Bonchev–Trinajstić information content (AvgIpc) is 2.55. The monoisotopic (exact) mass is 382 g/mol. The maximum Gasteiger partial charge on any atom is 0.209 e. The second-order valence-corrected chi connectivity index (χ2v) is 8.05. The van der Waals surface area contributed by atoms with Gasteiger partial charge in [0.05, 0.1) is 6.26 Å². The summed E-state index contributed by atoms with van der Waals surface area (Å²) in [4.78, 5) is 0. The van der Waals surface area contributed by atoms with Gasteiger partial charge >= 0.3 is 0 Å². The van der Waals surface area contributed by atoms with Crippen LogP contribution in [0.25, 0.3) is 0 Å². The first-order valence-corrected chi connectivity index (χ1v) is 10.3. The van der Waals surface area contributed by atoms with Crippen molar-refractivity contribution in [2.75, 3.05) is 19.4 Å². The minimum absolute atomic E-state index is 0.246. The molecule has 136 valence electrons. The normalized spacial score (nSPS) is 12.8. The molecule has 0 aromatic heterocycles. The SMILES string of the molecule is C[C@@H](NS(C)(=O)=O)c1ccc(CNCCOc2ccc(Cl)cc2)cc1. The van der Waals surface area contributed by atoms with Crippen molar-refractivity contribution in [1.29, 1.82) is 0 Å². The van der Waals surface area contributed by atoms with Crippen molar-refractivity contribution >= 4 is 21.6 Å². The van der Waals surface area contributed by atoms with E-state index in [1.165, 1.54) is 0 Å². The Labute approximate surface area is 154 Å². The van der Waals surface area contributed by atoms with Crippen LogP contribution in [0.4, 0.5) is 0 Å². The predicted octanol–water partition coefficient (Wildman–Crippen LogP) is 3.12. The molecule has 2 aromatic rings. The van der Waals surface area contributed by atoms with Crippen LogP contribution in [0.1, 0.15) is 24.1 Å². The molecule has 0 saturated carbocycles. The zero-order valence-electron chi connectivity index (χ0n) is 14.3. The van der Waals surface area contributed by atoms with E-state index in [4.69, 9.17) is 16.3 Å². The topological polar surface area (TPSA) is 67.4 Å². The number of nitrogens with one attached hydrogen (secondary N) is 2. The first-order chi connectivity index (χ1) is 11.8. The second kappa shape index (κ2) is 9.20. The summed E-state index contributed by atoms with van der Waals surface area (Å²) in [7, 11) is -3.21. The molecule has 2 rings (SSSR count). The highest BCUT2D eigenvalue weighted by Gasteiger charge is 2.10. The molecule has 7 heteroatoms. The van der Waals surface area contributed by atoms with Crippen molar-refractivity contribution in [2.24, 2.45) is 0 Å². The molecule has 0 saturated heterocycles. The number of halogens is 1. The molecule has 5 nitrogen and oxygen atoms in total. The van der Waals surface area contributed by atoms with E-state index >= 15 is 0 Å². The number of hydrogen-bond acceptors (Lipinski definition) is 4. The lowest BCUT2D eigenvalue weighted by Crippen LogP contribution is -2.25. The number of sulfonamides is 1. The fourth-order valence-corrected chi connectivity index (χ4v) is 3.22. The molecular formula is C18H23ClN2O3S. The lowest BCUT2D eigenvalue weighted by molar-refractivity contribution is 0.313. The van der Waals surface area contributed by atoms with Crippen molar-refractivity contribution in [1.82, 2.24) is 10.0 Å². The highest BCUT2D eigenvalue weighted by molar-refractivity contribution is 7.88. The van der Waals surface area contributed by atoms with Crippen LogP contribution in [0.2, 0.25) is 5.02 Å². The molecule has 0 spiro atoms. The van der Waals surface area contributed by atoms with Gasteiger partial charge in [-0.25, -0.2) is 13.1 Å². The third-order valence-electron chi connectivity index (χ3n) is 3.56. The summed E-state index contributed by atoms with van der Waals surface area (Å²) in [6.07, 6.45) is 1.16. The van der Waals surface area contributed by atoms with E-state index in [0.717, 1.165) is 36.2 Å². The van der Waals surface area contributed by atoms with Crippen LogP contribution < -0.4 is 14.8 Å². The largest absolute Gasteiger partial charge is 0.492 e. The van der Waals surface area contributed by atoms with E-state index in [9.17, 15) is 8.42 Å². The Kier molecular flexibility index (Phi) is 7.25. The predicted molar refractivity (Wildman–Crippen MR) is 101 cm³/mol. The number of rotatable bonds is 9. The lowest BCUT2D eigenvalue weighted by atomic mass is 10.1. The molecule has 0 fully saturated rings. The Bertz CT molecular complexity index is 762. The van der Waals surface area contributed by atoms with Crippen molar-refractivity contribution < 1.29 is 13.2 Å². The van der Waals surface area contributed by atoms with E-state index in [0.29, 0.717) is 11.6 Å². The Morgan fingerprint density at radius 3 is 2.32 bits per heavy atom. The van der Waals surface area contributed by atoms with Gasteiger partial charge in [0.15, 0.2) is 0 Å². The summed E-state index contributed by atoms with van der Waals surface area (Å²) in [5.41, 5.74) is 2.06. The van der Waals surface area contributed by atoms with Gasteiger partial charge in [-0.15, -0.1) is 0 Å². The van der Waals surface area contributed by atoms with E-state index in [-0.39, 0.29) is 6.04 Å². The molecule has 2 N–H and O–H groups in total. The molecule has 0 aliphatic rings. The highest BCUT2D eigenvalue weighted by Crippen LogP contribution is 2.15. The van der Waals surface area contributed by atoms with Crippen LogP contribution in [-0.4, -0.2) is 27.8 Å². The van der Waals surface area contributed by atoms with Gasteiger partial charge < -0.3 is 10.1 Å². The van der Waals surface area contributed by atoms with Crippen molar-refractivity contribution in [2.45, 2.75) is 19.5 Å². The fraction of sp³-hybridized carbons (Fsp3) is 0.333. The summed E-state index contributed by atoms with van der Waals surface area (Å²) >= 11 is 5.82. The van der Waals surface area contributed by atoms with Gasteiger partial charge in [0.25, 0.3) is 0 Å². The molecule has 0 amide bonds. The van der Waals surface area contributed by atoms with Crippen LogP contribution in [0.5, 0.6) is 5.75 Å².